The molecule has 0 radical (unpaired) electrons. The Hall–Kier alpha value is -0.520. The molecular weight excluding hydrogens is 174 g/mol. The maximum Gasteiger partial charge on any atom is 0.0576 e. The van der Waals surface area contributed by atoms with Gasteiger partial charge < -0.3 is 10.4 Å². The third-order valence-corrected chi connectivity index (χ3v) is 1.37. The fourth-order valence-corrected chi connectivity index (χ4v) is 0.768. The molecule has 0 unspecified atom stereocenters. The molecule has 0 atom stereocenters. The van der Waals surface area contributed by atoms with Crippen molar-refractivity contribution in [1.29, 1.82) is 0 Å². The smallest absolute Gasteiger partial charge is 0.0576 e. The molecular formula is C12H25NO. The van der Waals surface area contributed by atoms with Crippen LogP contribution in [0, 0.1) is 17.8 Å². The van der Waals surface area contributed by atoms with Crippen LogP contribution in [0.1, 0.15) is 40.5 Å². The zero-order valence-corrected chi connectivity index (χ0v) is 10.1. The molecule has 0 spiro atoms. The van der Waals surface area contributed by atoms with E-state index in [1.54, 1.807) is 0 Å². The number of aliphatic hydroxyl groups is 1. The minimum Gasteiger partial charge on any atom is -0.396 e. The van der Waals surface area contributed by atoms with Crippen molar-refractivity contribution in [2.24, 2.45) is 5.92 Å². The molecule has 14 heavy (non-hydrogen) atoms. The van der Waals surface area contributed by atoms with Gasteiger partial charge in [-0.1, -0.05) is 39.5 Å². The van der Waals surface area contributed by atoms with Gasteiger partial charge >= 0.3 is 0 Å². The van der Waals surface area contributed by atoms with Crippen molar-refractivity contribution in [3.05, 3.63) is 0 Å². The normalized spacial score (nSPS) is 8.71. The van der Waals surface area contributed by atoms with Gasteiger partial charge in [0.2, 0.25) is 0 Å². The molecule has 0 aromatic rings. The molecule has 0 fully saturated rings. The molecule has 2 nitrogen and oxygen atoms in total. The van der Waals surface area contributed by atoms with Crippen molar-refractivity contribution in [3.63, 3.8) is 0 Å². The number of unbranched alkanes of at least 4 members (excludes halogenated alkanes) is 1. The van der Waals surface area contributed by atoms with Crippen LogP contribution in [0.3, 0.4) is 0 Å². The number of aliphatic hydroxyl groups excluding tert-OH is 1. The summed E-state index contributed by atoms with van der Waals surface area (Å²) in [6.45, 7) is 10.2. The van der Waals surface area contributed by atoms with Gasteiger partial charge in [0.25, 0.3) is 0 Å². The van der Waals surface area contributed by atoms with Crippen molar-refractivity contribution in [1.82, 2.24) is 5.32 Å². The number of hydrogen-bond donors (Lipinski definition) is 2. The van der Waals surface area contributed by atoms with E-state index < -0.39 is 0 Å². The lowest BCUT2D eigenvalue weighted by Gasteiger charge is -1.97. The predicted molar refractivity (Wildman–Crippen MR) is 63.2 cm³/mol. The highest BCUT2D eigenvalue weighted by Gasteiger charge is 1.85. The van der Waals surface area contributed by atoms with Gasteiger partial charge in [-0.25, -0.2) is 0 Å². The number of hydrogen-bond acceptors (Lipinski definition) is 2. The minimum atomic E-state index is 0.291. The lowest BCUT2D eigenvalue weighted by molar-refractivity contribution is 0.284. The molecule has 2 N–H and O–H groups in total. The Balaban J connectivity index is 0. The molecule has 0 aliphatic heterocycles. The van der Waals surface area contributed by atoms with E-state index in [2.05, 4.69) is 31.0 Å². The molecule has 2 heteroatoms. The van der Waals surface area contributed by atoms with Gasteiger partial charge in [-0.05, 0) is 19.4 Å². The monoisotopic (exact) mass is 199 g/mol. The van der Waals surface area contributed by atoms with Gasteiger partial charge in [-0.3, -0.25) is 0 Å². The first kappa shape index (κ1) is 15.9. The van der Waals surface area contributed by atoms with Gasteiger partial charge in [-0.2, -0.15) is 0 Å². The lowest BCUT2D eigenvalue weighted by atomic mass is 10.2. The van der Waals surface area contributed by atoms with Gasteiger partial charge in [0.1, 0.15) is 0 Å². The SMILES string of the molecule is CC.CC(C)C#CCNCCCCO. The standard InChI is InChI=1S/C10H19NO.C2H6/c1-10(2)6-5-8-11-7-3-4-9-12;1-2/h10-12H,3-4,7-9H2,1-2H3;1-2H3. The Morgan fingerprint density at radius 3 is 2.36 bits per heavy atom. The van der Waals surface area contributed by atoms with Crippen molar-refractivity contribution in [2.45, 2.75) is 40.5 Å². The van der Waals surface area contributed by atoms with Crippen LogP contribution in [-0.2, 0) is 0 Å². The van der Waals surface area contributed by atoms with Gasteiger partial charge in [0.05, 0.1) is 6.54 Å². The summed E-state index contributed by atoms with van der Waals surface area (Å²) in [6.07, 6.45) is 1.91. The molecule has 0 bridgehead atoms. The van der Waals surface area contributed by atoms with E-state index in [1.165, 1.54) is 0 Å². The maximum absolute atomic E-state index is 8.49. The van der Waals surface area contributed by atoms with Crippen molar-refractivity contribution in [2.75, 3.05) is 19.7 Å². The molecule has 0 aliphatic rings. The molecule has 0 aromatic heterocycles. The van der Waals surface area contributed by atoms with Crippen molar-refractivity contribution < 1.29 is 5.11 Å². The summed E-state index contributed by atoms with van der Waals surface area (Å²) in [6, 6.07) is 0. The largest absolute Gasteiger partial charge is 0.396 e. The van der Waals surface area contributed by atoms with Crippen LogP contribution in [-0.4, -0.2) is 24.8 Å². The van der Waals surface area contributed by atoms with Crippen LogP contribution < -0.4 is 5.32 Å². The van der Waals surface area contributed by atoms with Gasteiger partial charge in [0, 0.05) is 12.5 Å². The molecule has 0 aromatic carbocycles. The van der Waals surface area contributed by atoms with Crippen molar-refractivity contribution >= 4 is 0 Å². The first-order valence-corrected chi connectivity index (χ1v) is 5.57. The number of nitrogens with one attached hydrogen (secondary N) is 1. The van der Waals surface area contributed by atoms with Crippen LogP contribution in [0.4, 0.5) is 0 Å². The fourth-order valence-electron chi connectivity index (χ4n) is 0.768. The summed E-state index contributed by atoms with van der Waals surface area (Å²) < 4.78 is 0. The summed E-state index contributed by atoms with van der Waals surface area (Å²) >= 11 is 0. The van der Waals surface area contributed by atoms with E-state index in [0.717, 1.165) is 25.9 Å². The fraction of sp³-hybridized carbons (Fsp3) is 0.833. The Kier molecular flexibility index (Phi) is 17.0. The highest BCUT2D eigenvalue weighted by atomic mass is 16.2. The molecule has 0 rings (SSSR count). The molecule has 0 saturated heterocycles. The third kappa shape index (κ3) is 17.5. The summed E-state index contributed by atoms with van der Waals surface area (Å²) in [5.74, 6) is 6.57. The Morgan fingerprint density at radius 2 is 1.86 bits per heavy atom. The van der Waals surface area contributed by atoms with E-state index in [0.29, 0.717) is 12.5 Å². The quantitative estimate of drug-likeness (QED) is 0.524. The Morgan fingerprint density at radius 1 is 1.21 bits per heavy atom. The maximum atomic E-state index is 8.49. The van der Waals surface area contributed by atoms with Gasteiger partial charge in [0.15, 0.2) is 0 Å². The van der Waals surface area contributed by atoms with Crippen LogP contribution in [0.25, 0.3) is 0 Å². The third-order valence-electron chi connectivity index (χ3n) is 1.37. The molecule has 0 aliphatic carbocycles. The first-order valence-electron chi connectivity index (χ1n) is 5.57. The summed E-state index contributed by atoms with van der Waals surface area (Å²) in [5.41, 5.74) is 0. The van der Waals surface area contributed by atoms with Gasteiger partial charge in [-0.15, -0.1) is 0 Å². The van der Waals surface area contributed by atoms with Crippen LogP contribution >= 0.6 is 0 Å². The van der Waals surface area contributed by atoms with Crippen LogP contribution in [0.15, 0.2) is 0 Å². The molecule has 0 heterocycles. The predicted octanol–water partition coefficient (Wildman–Crippen LogP) is 2.03. The Labute approximate surface area is 89.1 Å². The highest BCUT2D eigenvalue weighted by Crippen LogP contribution is 1.85. The first-order chi connectivity index (χ1) is 6.77. The Bertz CT molecular complexity index is 144. The second-order valence-corrected chi connectivity index (χ2v) is 3.08. The minimum absolute atomic E-state index is 0.291. The van der Waals surface area contributed by atoms with Crippen LogP contribution in [0.2, 0.25) is 0 Å². The number of rotatable bonds is 5. The van der Waals surface area contributed by atoms with Crippen molar-refractivity contribution in [3.8, 4) is 11.8 Å². The van der Waals surface area contributed by atoms with E-state index in [9.17, 15) is 0 Å². The summed E-state index contributed by atoms with van der Waals surface area (Å²) in [7, 11) is 0. The zero-order valence-electron chi connectivity index (χ0n) is 10.1. The zero-order chi connectivity index (χ0) is 11.2. The average Bonchev–Trinajstić information content (AvgIpc) is 2.19. The van der Waals surface area contributed by atoms with E-state index in [-0.39, 0.29) is 0 Å². The molecule has 84 valence electrons. The molecule has 0 amide bonds. The average molecular weight is 199 g/mol. The summed E-state index contributed by atoms with van der Waals surface area (Å²) in [4.78, 5) is 0. The van der Waals surface area contributed by atoms with E-state index in [1.807, 2.05) is 13.8 Å². The van der Waals surface area contributed by atoms with E-state index in [4.69, 9.17) is 5.11 Å². The topological polar surface area (TPSA) is 32.3 Å². The van der Waals surface area contributed by atoms with Crippen LogP contribution in [0.5, 0.6) is 0 Å². The second kappa shape index (κ2) is 15.0. The van der Waals surface area contributed by atoms with E-state index >= 15 is 0 Å². The lowest BCUT2D eigenvalue weighted by Crippen LogP contribution is -2.15. The highest BCUT2D eigenvalue weighted by molar-refractivity contribution is 5.02. The summed E-state index contributed by atoms with van der Waals surface area (Å²) in [5, 5.41) is 11.7. The second-order valence-electron chi connectivity index (χ2n) is 3.08. The molecule has 0 saturated carbocycles.